The lowest BCUT2D eigenvalue weighted by atomic mass is 9.97. The molecule has 0 amide bonds. The summed E-state index contributed by atoms with van der Waals surface area (Å²) in [5.41, 5.74) is -0.120. The Morgan fingerprint density at radius 3 is 2.50 bits per heavy atom. The highest BCUT2D eigenvalue weighted by atomic mass is 32.2. The number of aliphatic hydroxyl groups excluding tert-OH is 1. The van der Waals surface area contributed by atoms with Gasteiger partial charge in [-0.15, -0.1) is 11.8 Å². The minimum absolute atomic E-state index is 0.120. The van der Waals surface area contributed by atoms with Crippen LogP contribution >= 0.6 is 11.8 Å². The molecule has 18 heavy (non-hydrogen) atoms. The fourth-order valence-corrected chi connectivity index (χ4v) is 3.39. The van der Waals surface area contributed by atoms with E-state index in [0.29, 0.717) is 5.92 Å². The van der Waals surface area contributed by atoms with Gasteiger partial charge in [-0.2, -0.15) is 0 Å². The Kier molecular flexibility index (Phi) is 4.54. The molecular weight excluding hydrogens is 246 g/mol. The maximum Gasteiger partial charge on any atom is 0.118 e. The van der Waals surface area contributed by atoms with E-state index in [2.05, 4.69) is 17.4 Å². The number of nitrogens with one attached hydrogen (secondary N) is 1. The van der Waals surface area contributed by atoms with Crippen LogP contribution < -0.4 is 10.1 Å². The third kappa shape index (κ3) is 2.99. The Balaban J connectivity index is 1.96. The van der Waals surface area contributed by atoms with Crippen molar-refractivity contribution in [2.45, 2.75) is 23.3 Å². The molecule has 3 nitrogen and oxygen atoms in total. The molecule has 4 heteroatoms. The first-order chi connectivity index (χ1) is 8.74. The highest BCUT2D eigenvalue weighted by Crippen LogP contribution is 2.42. The summed E-state index contributed by atoms with van der Waals surface area (Å²) in [4.78, 5) is 1.21. The molecule has 1 unspecified atom stereocenters. The number of hydrogen-bond acceptors (Lipinski definition) is 4. The van der Waals surface area contributed by atoms with Gasteiger partial charge in [0, 0.05) is 10.6 Å². The van der Waals surface area contributed by atoms with Crippen LogP contribution in [0.25, 0.3) is 0 Å². The molecule has 2 N–H and O–H groups in total. The van der Waals surface area contributed by atoms with Gasteiger partial charge >= 0.3 is 0 Å². The molecule has 1 aromatic rings. The first-order valence-electron chi connectivity index (χ1n) is 6.31. The lowest BCUT2D eigenvalue weighted by molar-refractivity contribution is 0.167. The molecule has 100 valence electrons. The molecule has 0 saturated heterocycles. The van der Waals surface area contributed by atoms with Crippen molar-refractivity contribution < 1.29 is 9.84 Å². The van der Waals surface area contributed by atoms with Crippen LogP contribution in [0.1, 0.15) is 12.8 Å². The van der Waals surface area contributed by atoms with Crippen LogP contribution in [0.4, 0.5) is 0 Å². The average Bonchev–Trinajstić information content (AvgIpc) is 3.26. The van der Waals surface area contributed by atoms with Crippen LogP contribution in [0, 0.1) is 5.92 Å². The molecule has 1 aliphatic rings. The summed E-state index contributed by atoms with van der Waals surface area (Å²) in [6, 6.07) is 8.07. The molecule has 2 rings (SSSR count). The Labute approximate surface area is 113 Å². The van der Waals surface area contributed by atoms with Crippen molar-refractivity contribution in [2.24, 2.45) is 5.92 Å². The van der Waals surface area contributed by atoms with Crippen LogP contribution in [0.15, 0.2) is 29.2 Å². The number of likely N-dealkylation sites (N-methyl/N-ethyl adjacent to an activating group) is 1. The highest BCUT2D eigenvalue weighted by Gasteiger charge is 2.43. The van der Waals surface area contributed by atoms with Crippen molar-refractivity contribution >= 4 is 11.8 Å². The van der Waals surface area contributed by atoms with Crippen molar-refractivity contribution in [3.8, 4) is 5.75 Å². The second-order valence-electron chi connectivity index (χ2n) is 4.80. The number of benzene rings is 1. The van der Waals surface area contributed by atoms with Crippen molar-refractivity contribution in [3.05, 3.63) is 24.3 Å². The van der Waals surface area contributed by atoms with Crippen molar-refractivity contribution in [1.29, 1.82) is 0 Å². The average molecular weight is 267 g/mol. The number of methoxy groups -OCH3 is 1. The third-order valence-corrected chi connectivity index (χ3v) is 4.96. The number of rotatable bonds is 7. The Hall–Kier alpha value is -0.710. The van der Waals surface area contributed by atoms with Gasteiger partial charge in [0.2, 0.25) is 0 Å². The Morgan fingerprint density at radius 2 is 2.06 bits per heavy atom. The lowest BCUT2D eigenvalue weighted by Gasteiger charge is -2.31. The van der Waals surface area contributed by atoms with E-state index >= 15 is 0 Å². The third-order valence-electron chi connectivity index (χ3n) is 3.69. The molecule has 1 fully saturated rings. The summed E-state index contributed by atoms with van der Waals surface area (Å²) >= 11 is 1.79. The Bertz CT molecular complexity index is 372. The van der Waals surface area contributed by atoms with Crippen LogP contribution in [0.2, 0.25) is 0 Å². The van der Waals surface area contributed by atoms with Gasteiger partial charge in [-0.25, -0.2) is 0 Å². The summed E-state index contributed by atoms with van der Waals surface area (Å²) in [7, 11) is 3.62. The SMILES string of the molecule is CNC(CO)(CSc1ccc(OC)cc1)C1CC1. The first-order valence-corrected chi connectivity index (χ1v) is 7.29. The molecule has 0 aromatic heterocycles. The quantitative estimate of drug-likeness (QED) is 0.743. The van der Waals surface area contributed by atoms with Gasteiger partial charge in [-0.3, -0.25) is 0 Å². The molecule has 1 saturated carbocycles. The summed E-state index contributed by atoms with van der Waals surface area (Å²) < 4.78 is 5.14. The van der Waals surface area contributed by atoms with Crippen LogP contribution in [0.3, 0.4) is 0 Å². The van der Waals surface area contributed by atoms with E-state index in [9.17, 15) is 5.11 Å². The molecule has 0 bridgehead atoms. The molecule has 0 aliphatic heterocycles. The lowest BCUT2D eigenvalue weighted by Crippen LogP contribution is -2.51. The summed E-state index contributed by atoms with van der Waals surface area (Å²) in [5.74, 6) is 2.40. The summed E-state index contributed by atoms with van der Waals surface area (Å²) in [6.07, 6.45) is 2.45. The zero-order chi connectivity index (χ0) is 13.0. The number of hydrogen-bond donors (Lipinski definition) is 2. The van der Waals surface area contributed by atoms with Crippen molar-refractivity contribution in [2.75, 3.05) is 26.5 Å². The van der Waals surface area contributed by atoms with Crippen LogP contribution in [-0.2, 0) is 0 Å². The Morgan fingerprint density at radius 1 is 1.39 bits per heavy atom. The monoisotopic (exact) mass is 267 g/mol. The van der Waals surface area contributed by atoms with Gasteiger partial charge in [0.15, 0.2) is 0 Å². The molecule has 0 radical (unpaired) electrons. The molecule has 0 spiro atoms. The van der Waals surface area contributed by atoms with E-state index in [-0.39, 0.29) is 12.1 Å². The zero-order valence-electron chi connectivity index (χ0n) is 11.0. The van der Waals surface area contributed by atoms with E-state index in [1.807, 2.05) is 19.2 Å². The van der Waals surface area contributed by atoms with Gasteiger partial charge in [-0.1, -0.05) is 0 Å². The fraction of sp³-hybridized carbons (Fsp3) is 0.571. The molecule has 1 aliphatic carbocycles. The molecule has 0 heterocycles. The normalized spacial score (nSPS) is 18.4. The first kappa shape index (κ1) is 13.7. The van der Waals surface area contributed by atoms with Gasteiger partial charge in [0.25, 0.3) is 0 Å². The largest absolute Gasteiger partial charge is 0.497 e. The highest BCUT2D eigenvalue weighted by molar-refractivity contribution is 7.99. The number of ether oxygens (including phenoxy) is 1. The molecule has 1 aromatic carbocycles. The second-order valence-corrected chi connectivity index (χ2v) is 5.85. The van der Waals surface area contributed by atoms with Gasteiger partial charge in [0.05, 0.1) is 19.3 Å². The summed E-state index contributed by atoms with van der Waals surface area (Å²) in [6.45, 7) is 0.206. The fourth-order valence-electron chi connectivity index (χ4n) is 2.17. The van der Waals surface area contributed by atoms with E-state index < -0.39 is 0 Å². The minimum Gasteiger partial charge on any atom is -0.497 e. The minimum atomic E-state index is -0.120. The van der Waals surface area contributed by atoms with Gasteiger partial charge in [0.1, 0.15) is 5.75 Å². The topological polar surface area (TPSA) is 41.5 Å². The number of thioether (sulfide) groups is 1. The van der Waals surface area contributed by atoms with Crippen molar-refractivity contribution in [3.63, 3.8) is 0 Å². The van der Waals surface area contributed by atoms with E-state index in [1.54, 1.807) is 18.9 Å². The van der Waals surface area contributed by atoms with Crippen molar-refractivity contribution in [1.82, 2.24) is 5.32 Å². The van der Waals surface area contributed by atoms with E-state index in [1.165, 1.54) is 17.7 Å². The predicted octanol–water partition coefficient (Wildman–Crippen LogP) is 2.15. The van der Waals surface area contributed by atoms with Gasteiger partial charge < -0.3 is 15.2 Å². The number of aliphatic hydroxyl groups is 1. The maximum atomic E-state index is 9.65. The molecule has 1 atom stereocenters. The summed E-state index contributed by atoms with van der Waals surface area (Å²) in [5, 5.41) is 13.0. The zero-order valence-corrected chi connectivity index (χ0v) is 11.8. The predicted molar refractivity (Wildman–Crippen MR) is 75.3 cm³/mol. The smallest absolute Gasteiger partial charge is 0.118 e. The molecular formula is C14H21NO2S. The van der Waals surface area contributed by atoms with Crippen LogP contribution in [0.5, 0.6) is 5.75 Å². The maximum absolute atomic E-state index is 9.65. The van der Waals surface area contributed by atoms with Gasteiger partial charge in [-0.05, 0) is 50.1 Å². The van der Waals surface area contributed by atoms with Crippen LogP contribution in [-0.4, -0.2) is 37.2 Å². The standard InChI is InChI=1S/C14H21NO2S/c1-15-14(9-16,11-3-4-11)10-18-13-7-5-12(17-2)6-8-13/h5-8,11,15-16H,3-4,9-10H2,1-2H3. The second kappa shape index (κ2) is 5.95. The van der Waals surface area contributed by atoms with E-state index in [4.69, 9.17) is 4.74 Å². The van der Waals surface area contributed by atoms with E-state index in [0.717, 1.165) is 11.5 Å².